The van der Waals surface area contributed by atoms with Crippen LogP contribution in [-0.2, 0) is 9.53 Å². The summed E-state index contributed by atoms with van der Waals surface area (Å²) in [7, 11) is 1.76. The standard InChI is InChI=1S/C13H15NO3/c1-9(15)10-4-3-5-11(6-10)12-7-14(2)13(16)8-17-12/h3-6,12H,7-8H2,1-2H3. The first-order valence-electron chi connectivity index (χ1n) is 5.54. The number of ether oxygens (including phenoxy) is 1. The van der Waals surface area contributed by atoms with Crippen LogP contribution in [0.15, 0.2) is 24.3 Å². The predicted octanol–water partition coefficient (Wildman–Crippen LogP) is 1.42. The maximum atomic E-state index is 11.3. The number of Topliss-reactive ketones (excluding diaryl/α,β-unsaturated/α-hetero) is 1. The minimum atomic E-state index is -0.142. The van der Waals surface area contributed by atoms with Gasteiger partial charge in [-0.05, 0) is 18.6 Å². The summed E-state index contributed by atoms with van der Waals surface area (Å²) < 4.78 is 5.48. The van der Waals surface area contributed by atoms with Gasteiger partial charge >= 0.3 is 0 Å². The maximum absolute atomic E-state index is 11.3. The van der Waals surface area contributed by atoms with E-state index in [0.717, 1.165) is 5.56 Å². The largest absolute Gasteiger partial charge is 0.362 e. The average molecular weight is 233 g/mol. The first kappa shape index (κ1) is 11.8. The van der Waals surface area contributed by atoms with Gasteiger partial charge in [0.1, 0.15) is 12.7 Å². The predicted molar refractivity (Wildman–Crippen MR) is 62.8 cm³/mol. The van der Waals surface area contributed by atoms with Crippen molar-refractivity contribution in [2.24, 2.45) is 0 Å². The van der Waals surface area contributed by atoms with Gasteiger partial charge in [0.2, 0.25) is 5.91 Å². The first-order valence-corrected chi connectivity index (χ1v) is 5.54. The number of rotatable bonds is 2. The van der Waals surface area contributed by atoms with Crippen molar-refractivity contribution < 1.29 is 14.3 Å². The van der Waals surface area contributed by atoms with Crippen LogP contribution in [0.25, 0.3) is 0 Å². The van der Waals surface area contributed by atoms with Crippen molar-refractivity contribution in [2.45, 2.75) is 13.0 Å². The molecule has 4 heteroatoms. The molecule has 1 saturated heterocycles. The molecular weight excluding hydrogens is 218 g/mol. The number of likely N-dealkylation sites (N-methyl/N-ethyl adjacent to an activating group) is 1. The quantitative estimate of drug-likeness (QED) is 0.726. The fraction of sp³-hybridized carbons (Fsp3) is 0.385. The molecule has 1 aliphatic heterocycles. The lowest BCUT2D eigenvalue weighted by molar-refractivity contribution is -0.147. The molecule has 0 bridgehead atoms. The third kappa shape index (κ3) is 2.53. The number of morpholine rings is 1. The first-order chi connectivity index (χ1) is 8.08. The van der Waals surface area contributed by atoms with Gasteiger partial charge < -0.3 is 9.64 Å². The minimum Gasteiger partial charge on any atom is -0.362 e. The Hall–Kier alpha value is -1.68. The fourth-order valence-corrected chi connectivity index (χ4v) is 1.84. The number of carbonyl (C=O) groups is 2. The summed E-state index contributed by atoms with van der Waals surface area (Å²) in [5, 5.41) is 0. The van der Waals surface area contributed by atoms with E-state index in [1.165, 1.54) is 6.92 Å². The normalized spacial score (nSPS) is 20.5. The summed E-state index contributed by atoms with van der Waals surface area (Å²) in [6.07, 6.45) is -0.142. The molecule has 1 aromatic carbocycles. The Balaban J connectivity index is 2.20. The van der Waals surface area contributed by atoms with Crippen LogP contribution in [0.2, 0.25) is 0 Å². The number of ketones is 1. The van der Waals surface area contributed by atoms with E-state index < -0.39 is 0 Å². The second-order valence-electron chi connectivity index (χ2n) is 4.26. The van der Waals surface area contributed by atoms with Crippen molar-refractivity contribution in [3.05, 3.63) is 35.4 Å². The van der Waals surface area contributed by atoms with Crippen LogP contribution < -0.4 is 0 Å². The Morgan fingerprint density at radius 1 is 1.47 bits per heavy atom. The third-order valence-electron chi connectivity index (χ3n) is 2.94. The lowest BCUT2D eigenvalue weighted by Crippen LogP contribution is -2.40. The summed E-state index contributed by atoms with van der Waals surface area (Å²) in [6, 6.07) is 7.37. The molecule has 0 radical (unpaired) electrons. The molecule has 1 fully saturated rings. The third-order valence-corrected chi connectivity index (χ3v) is 2.94. The molecule has 1 amide bonds. The highest BCUT2D eigenvalue weighted by atomic mass is 16.5. The second kappa shape index (κ2) is 4.67. The SMILES string of the molecule is CC(=O)c1cccc(C2CN(C)C(=O)CO2)c1. The van der Waals surface area contributed by atoms with E-state index in [2.05, 4.69) is 0 Å². The highest BCUT2D eigenvalue weighted by Crippen LogP contribution is 2.22. The van der Waals surface area contributed by atoms with Crippen molar-refractivity contribution >= 4 is 11.7 Å². The minimum absolute atomic E-state index is 0.0102. The van der Waals surface area contributed by atoms with Crippen molar-refractivity contribution in [1.29, 1.82) is 0 Å². The van der Waals surface area contributed by atoms with E-state index in [1.54, 1.807) is 18.0 Å². The fourth-order valence-electron chi connectivity index (χ4n) is 1.84. The van der Waals surface area contributed by atoms with Gasteiger partial charge in [-0.2, -0.15) is 0 Å². The molecule has 0 N–H and O–H groups in total. The summed E-state index contributed by atoms with van der Waals surface area (Å²) >= 11 is 0. The Bertz CT molecular complexity index is 456. The zero-order chi connectivity index (χ0) is 12.4. The molecule has 90 valence electrons. The number of benzene rings is 1. The van der Waals surface area contributed by atoms with Crippen LogP contribution >= 0.6 is 0 Å². The molecule has 17 heavy (non-hydrogen) atoms. The molecule has 1 aliphatic rings. The van der Waals surface area contributed by atoms with E-state index in [1.807, 2.05) is 18.2 Å². The van der Waals surface area contributed by atoms with Crippen LogP contribution in [0.4, 0.5) is 0 Å². The number of amides is 1. The summed E-state index contributed by atoms with van der Waals surface area (Å²) in [5.41, 5.74) is 1.61. The van der Waals surface area contributed by atoms with Crippen LogP contribution in [0.1, 0.15) is 28.9 Å². The number of hydrogen-bond acceptors (Lipinski definition) is 3. The zero-order valence-corrected chi connectivity index (χ0v) is 9.97. The van der Waals surface area contributed by atoms with Gasteiger partial charge in [-0.25, -0.2) is 0 Å². The number of hydrogen-bond donors (Lipinski definition) is 0. The molecule has 4 nitrogen and oxygen atoms in total. The van der Waals surface area contributed by atoms with Crippen LogP contribution in [0, 0.1) is 0 Å². The van der Waals surface area contributed by atoms with Crippen molar-refractivity contribution in [1.82, 2.24) is 4.90 Å². The van der Waals surface area contributed by atoms with Gasteiger partial charge in [0, 0.05) is 12.6 Å². The summed E-state index contributed by atoms with van der Waals surface area (Å²) in [5.74, 6) is 0.0241. The number of carbonyl (C=O) groups excluding carboxylic acids is 2. The van der Waals surface area contributed by atoms with Gasteiger partial charge in [-0.15, -0.1) is 0 Å². The van der Waals surface area contributed by atoms with E-state index in [-0.39, 0.29) is 24.4 Å². The van der Waals surface area contributed by atoms with Crippen molar-refractivity contribution in [3.63, 3.8) is 0 Å². The highest BCUT2D eigenvalue weighted by molar-refractivity contribution is 5.94. The highest BCUT2D eigenvalue weighted by Gasteiger charge is 2.24. The number of nitrogens with zero attached hydrogens (tertiary/aromatic N) is 1. The monoisotopic (exact) mass is 233 g/mol. The Labute approximate surface area is 100 Å². The molecule has 2 rings (SSSR count). The second-order valence-corrected chi connectivity index (χ2v) is 4.26. The molecule has 0 aliphatic carbocycles. The summed E-state index contributed by atoms with van der Waals surface area (Å²) in [4.78, 5) is 24.2. The Kier molecular flexibility index (Phi) is 3.24. The average Bonchev–Trinajstić information content (AvgIpc) is 2.33. The maximum Gasteiger partial charge on any atom is 0.248 e. The van der Waals surface area contributed by atoms with Gasteiger partial charge in [-0.1, -0.05) is 18.2 Å². The molecule has 1 aromatic rings. The summed E-state index contributed by atoms with van der Waals surface area (Å²) in [6.45, 7) is 2.17. The molecule has 1 heterocycles. The van der Waals surface area contributed by atoms with E-state index in [0.29, 0.717) is 12.1 Å². The van der Waals surface area contributed by atoms with Gasteiger partial charge in [0.25, 0.3) is 0 Å². The van der Waals surface area contributed by atoms with Gasteiger partial charge in [0.05, 0.1) is 6.54 Å². The van der Waals surface area contributed by atoms with E-state index in [9.17, 15) is 9.59 Å². The van der Waals surface area contributed by atoms with Gasteiger partial charge in [-0.3, -0.25) is 9.59 Å². The Morgan fingerprint density at radius 3 is 2.88 bits per heavy atom. The van der Waals surface area contributed by atoms with E-state index in [4.69, 9.17) is 4.74 Å². The molecule has 0 spiro atoms. The van der Waals surface area contributed by atoms with Gasteiger partial charge in [0.15, 0.2) is 5.78 Å². The smallest absolute Gasteiger partial charge is 0.248 e. The lowest BCUT2D eigenvalue weighted by Gasteiger charge is -2.30. The zero-order valence-electron chi connectivity index (χ0n) is 9.97. The topological polar surface area (TPSA) is 46.6 Å². The molecule has 0 aromatic heterocycles. The van der Waals surface area contributed by atoms with Crippen LogP contribution in [0.3, 0.4) is 0 Å². The van der Waals surface area contributed by atoms with Crippen LogP contribution in [-0.4, -0.2) is 36.8 Å². The molecule has 1 unspecified atom stereocenters. The van der Waals surface area contributed by atoms with Crippen molar-refractivity contribution in [2.75, 3.05) is 20.2 Å². The Morgan fingerprint density at radius 2 is 2.24 bits per heavy atom. The van der Waals surface area contributed by atoms with Crippen molar-refractivity contribution in [3.8, 4) is 0 Å². The van der Waals surface area contributed by atoms with Crippen LogP contribution in [0.5, 0.6) is 0 Å². The lowest BCUT2D eigenvalue weighted by atomic mass is 10.0. The molecular formula is C13H15NO3. The van der Waals surface area contributed by atoms with E-state index >= 15 is 0 Å². The molecule has 0 saturated carbocycles. The molecule has 1 atom stereocenters.